The third-order valence-corrected chi connectivity index (χ3v) is 5.36. The van der Waals surface area contributed by atoms with E-state index < -0.39 is 0 Å². The molecule has 3 rings (SSSR count). The Morgan fingerprint density at radius 2 is 1.80 bits per heavy atom. The van der Waals surface area contributed by atoms with Crippen molar-refractivity contribution in [3.05, 3.63) is 53.0 Å². The van der Waals surface area contributed by atoms with E-state index in [-0.39, 0.29) is 18.4 Å². The van der Waals surface area contributed by atoms with Crippen LogP contribution in [0.5, 0.6) is 11.5 Å². The predicted molar refractivity (Wildman–Crippen MR) is 117 cm³/mol. The minimum atomic E-state index is -0.347. The highest BCUT2D eigenvalue weighted by molar-refractivity contribution is 7.18. The zero-order chi connectivity index (χ0) is 21.5. The molecule has 1 heterocycles. The molecule has 1 N–H and O–H groups in total. The first-order valence-electron chi connectivity index (χ1n) is 9.78. The Morgan fingerprint density at radius 3 is 2.53 bits per heavy atom. The fourth-order valence-corrected chi connectivity index (χ4v) is 3.88. The van der Waals surface area contributed by atoms with Crippen molar-refractivity contribution in [3.63, 3.8) is 0 Å². The number of nitrogens with zero attached hydrogens (tertiary/aromatic N) is 2. The number of likely N-dealkylation sites (N-methyl/N-ethyl adjacent to an activating group) is 1. The maximum Gasteiger partial charge on any atom is 0.251 e. The molecule has 2 amide bonds. The standard InChI is InChI=1S/C22H25N3O4S/c1-4-28-17-11-10-15(12-18(17)29-5-2)22(27)23-13-21(26)25(3)14-20-24-16-8-6-7-9-19(16)30-20/h6-12H,4-5,13-14H2,1-3H3,(H,23,27). The van der Waals surface area contributed by atoms with Gasteiger partial charge in [-0.3, -0.25) is 9.59 Å². The maximum absolute atomic E-state index is 12.5. The van der Waals surface area contributed by atoms with Crippen LogP contribution in [-0.2, 0) is 11.3 Å². The number of benzene rings is 2. The lowest BCUT2D eigenvalue weighted by atomic mass is 10.2. The molecule has 30 heavy (non-hydrogen) atoms. The van der Waals surface area contributed by atoms with E-state index in [2.05, 4.69) is 10.3 Å². The van der Waals surface area contributed by atoms with E-state index in [9.17, 15) is 9.59 Å². The third-order valence-electron chi connectivity index (χ3n) is 4.34. The van der Waals surface area contributed by atoms with Gasteiger partial charge in [-0.1, -0.05) is 12.1 Å². The van der Waals surface area contributed by atoms with Crippen LogP contribution < -0.4 is 14.8 Å². The van der Waals surface area contributed by atoms with Gasteiger partial charge >= 0.3 is 0 Å². The number of aromatic nitrogens is 1. The summed E-state index contributed by atoms with van der Waals surface area (Å²) in [7, 11) is 1.70. The molecule has 3 aromatic rings. The van der Waals surface area contributed by atoms with Crippen LogP contribution in [0.25, 0.3) is 10.2 Å². The average molecular weight is 428 g/mol. The van der Waals surface area contributed by atoms with Crippen LogP contribution in [0, 0.1) is 0 Å². The van der Waals surface area contributed by atoms with Crippen LogP contribution >= 0.6 is 11.3 Å². The van der Waals surface area contributed by atoms with Gasteiger partial charge in [-0.2, -0.15) is 0 Å². The first-order chi connectivity index (χ1) is 14.5. The lowest BCUT2D eigenvalue weighted by Gasteiger charge is -2.16. The van der Waals surface area contributed by atoms with Crippen molar-refractivity contribution in [2.24, 2.45) is 0 Å². The number of amides is 2. The predicted octanol–water partition coefficient (Wildman–Crippen LogP) is 3.48. The number of carbonyl (C=O) groups is 2. The Kier molecular flexibility index (Phi) is 7.24. The van der Waals surface area contributed by atoms with Crippen LogP contribution in [-0.4, -0.2) is 48.5 Å². The highest BCUT2D eigenvalue weighted by atomic mass is 32.1. The fourth-order valence-electron chi connectivity index (χ4n) is 2.86. The van der Waals surface area contributed by atoms with E-state index in [4.69, 9.17) is 9.47 Å². The van der Waals surface area contributed by atoms with Gasteiger partial charge in [0.1, 0.15) is 5.01 Å². The quantitative estimate of drug-likeness (QED) is 0.565. The molecule has 0 fully saturated rings. The Bertz CT molecular complexity index is 1000. The van der Waals surface area contributed by atoms with Crippen molar-refractivity contribution >= 4 is 33.4 Å². The largest absolute Gasteiger partial charge is 0.490 e. The zero-order valence-electron chi connectivity index (χ0n) is 17.3. The molecule has 0 bridgehead atoms. The van der Waals surface area contributed by atoms with E-state index in [1.54, 1.807) is 41.5 Å². The van der Waals surface area contributed by atoms with E-state index in [0.29, 0.717) is 36.8 Å². The number of carbonyl (C=O) groups excluding carboxylic acids is 2. The molecule has 0 aliphatic carbocycles. The molecular weight excluding hydrogens is 402 g/mol. The minimum Gasteiger partial charge on any atom is -0.490 e. The lowest BCUT2D eigenvalue weighted by Crippen LogP contribution is -2.37. The molecule has 2 aromatic carbocycles. The molecule has 0 saturated carbocycles. The topological polar surface area (TPSA) is 80.8 Å². The van der Waals surface area contributed by atoms with Gasteiger partial charge in [0.05, 0.1) is 36.5 Å². The zero-order valence-corrected chi connectivity index (χ0v) is 18.1. The molecule has 8 heteroatoms. The number of thiazole rings is 1. The Morgan fingerprint density at radius 1 is 1.07 bits per heavy atom. The average Bonchev–Trinajstić information content (AvgIpc) is 3.15. The number of rotatable bonds is 9. The minimum absolute atomic E-state index is 0.0998. The van der Waals surface area contributed by atoms with E-state index in [1.165, 1.54) is 0 Å². The van der Waals surface area contributed by atoms with Gasteiger partial charge in [0.25, 0.3) is 5.91 Å². The Labute approximate surface area is 179 Å². The summed E-state index contributed by atoms with van der Waals surface area (Å²) >= 11 is 1.56. The highest BCUT2D eigenvalue weighted by Crippen LogP contribution is 2.28. The number of hydrogen-bond acceptors (Lipinski definition) is 6. The molecular formula is C22H25N3O4S. The second-order valence-electron chi connectivity index (χ2n) is 6.54. The summed E-state index contributed by atoms with van der Waals surface area (Å²) in [5.74, 6) is 0.549. The van der Waals surface area contributed by atoms with Crippen molar-refractivity contribution in [3.8, 4) is 11.5 Å². The van der Waals surface area contributed by atoms with Gasteiger partial charge in [-0.05, 0) is 44.2 Å². The lowest BCUT2D eigenvalue weighted by molar-refractivity contribution is -0.129. The molecule has 0 radical (unpaired) electrons. The summed E-state index contributed by atoms with van der Waals surface area (Å²) in [4.78, 5) is 31.0. The second-order valence-corrected chi connectivity index (χ2v) is 7.65. The van der Waals surface area contributed by atoms with Crippen molar-refractivity contribution in [1.29, 1.82) is 0 Å². The Hall–Kier alpha value is -3.13. The number of nitrogens with one attached hydrogen (secondary N) is 1. The molecule has 0 saturated heterocycles. The van der Waals surface area contributed by atoms with Gasteiger partial charge in [0.15, 0.2) is 11.5 Å². The van der Waals surface area contributed by atoms with Crippen molar-refractivity contribution in [2.75, 3.05) is 26.8 Å². The summed E-state index contributed by atoms with van der Waals surface area (Å²) in [6.07, 6.45) is 0. The first-order valence-corrected chi connectivity index (χ1v) is 10.6. The monoisotopic (exact) mass is 427 g/mol. The summed E-state index contributed by atoms with van der Waals surface area (Å²) < 4.78 is 12.1. The molecule has 0 aliphatic heterocycles. The number of ether oxygens (including phenoxy) is 2. The third kappa shape index (κ3) is 5.27. The molecule has 158 valence electrons. The number of para-hydroxylation sites is 1. The number of fused-ring (bicyclic) bond motifs is 1. The second kappa shape index (κ2) is 10.1. The summed E-state index contributed by atoms with van der Waals surface area (Å²) in [5.41, 5.74) is 1.33. The summed E-state index contributed by atoms with van der Waals surface area (Å²) in [6.45, 7) is 5.00. The molecule has 7 nitrogen and oxygen atoms in total. The van der Waals surface area contributed by atoms with E-state index >= 15 is 0 Å². The smallest absolute Gasteiger partial charge is 0.251 e. The van der Waals surface area contributed by atoms with Crippen LogP contribution in [0.15, 0.2) is 42.5 Å². The van der Waals surface area contributed by atoms with Crippen LogP contribution in [0.1, 0.15) is 29.2 Å². The Balaban J connectivity index is 1.58. The molecule has 0 spiro atoms. The van der Waals surface area contributed by atoms with Crippen molar-refractivity contribution < 1.29 is 19.1 Å². The van der Waals surface area contributed by atoms with Gasteiger partial charge in [-0.25, -0.2) is 4.98 Å². The highest BCUT2D eigenvalue weighted by Gasteiger charge is 2.16. The van der Waals surface area contributed by atoms with Crippen LogP contribution in [0.2, 0.25) is 0 Å². The van der Waals surface area contributed by atoms with Crippen molar-refractivity contribution in [2.45, 2.75) is 20.4 Å². The van der Waals surface area contributed by atoms with Gasteiger partial charge < -0.3 is 19.7 Å². The summed E-state index contributed by atoms with van der Waals surface area (Å²) in [6, 6.07) is 12.8. The molecule has 0 unspecified atom stereocenters. The van der Waals surface area contributed by atoms with Crippen molar-refractivity contribution in [1.82, 2.24) is 15.2 Å². The normalized spacial score (nSPS) is 10.6. The van der Waals surface area contributed by atoms with Gasteiger partial charge in [-0.15, -0.1) is 11.3 Å². The maximum atomic E-state index is 12.5. The van der Waals surface area contributed by atoms with Gasteiger partial charge in [0, 0.05) is 12.6 Å². The van der Waals surface area contributed by atoms with Gasteiger partial charge in [0.2, 0.25) is 5.91 Å². The number of hydrogen-bond donors (Lipinski definition) is 1. The first kappa shape index (κ1) is 21.6. The fraction of sp³-hybridized carbons (Fsp3) is 0.318. The molecule has 0 aliphatic rings. The van der Waals surface area contributed by atoms with E-state index in [1.807, 2.05) is 38.1 Å². The van der Waals surface area contributed by atoms with Crippen LogP contribution in [0.3, 0.4) is 0 Å². The summed E-state index contributed by atoms with van der Waals surface area (Å²) in [5, 5.41) is 3.52. The van der Waals surface area contributed by atoms with E-state index in [0.717, 1.165) is 15.2 Å². The molecule has 1 aromatic heterocycles. The molecule has 0 atom stereocenters. The SMILES string of the molecule is CCOc1ccc(C(=O)NCC(=O)N(C)Cc2nc3ccccc3s2)cc1OCC. The van der Waals surface area contributed by atoms with Crippen LogP contribution in [0.4, 0.5) is 0 Å².